The zero-order valence-corrected chi connectivity index (χ0v) is 20.1. The van der Waals surface area contributed by atoms with Crippen LogP contribution < -0.4 is 9.30 Å². The van der Waals surface area contributed by atoms with Crippen molar-refractivity contribution in [3.8, 4) is 26.6 Å². The lowest BCUT2D eigenvalue weighted by Gasteiger charge is -2.08. The van der Waals surface area contributed by atoms with E-state index in [0.717, 1.165) is 33.1 Å². The first-order chi connectivity index (χ1) is 15.8. The molecule has 0 saturated carbocycles. The summed E-state index contributed by atoms with van der Waals surface area (Å²) in [7, 11) is -2.71. The van der Waals surface area contributed by atoms with E-state index in [1.165, 1.54) is 7.11 Å². The van der Waals surface area contributed by atoms with Crippen LogP contribution in [-0.4, -0.2) is 32.4 Å². The summed E-state index contributed by atoms with van der Waals surface area (Å²) in [5, 5.41) is 0. The van der Waals surface area contributed by atoms with Gasteiger partial charge < -0.3 is 14.2 Å². The number of hydrogen-bond acceptors (Lipinski definition) is 7. The molecule has 2 aromatic heterocycles. The van der Waals surface area contributed by atoms with Crippen LogP contribution in [-0.2, 0) is 26.4 Å². The van der Waals surface area contributed by atoms with Crippen molar-refractivity contribution in [2.75, 3.05) is 19.5 Å². The van der Waals surface area contributed by atoms with E-state index in [-0.39, 0.29) is 5.75 Å². The summed E-state index contributed by atoms with van der Waals surface area (Å²) < 4.78 is 39.8. The van der Waals surface area contributed by atoms with Gasteiger partial charge in [0.05, 0.1) is 23.8 Å². The number of nitrogens with zero attached hydrogens (tertiary/aromatic N) is 1. The molecule has 0 atom stereocenters. The van der Waals surface area contributed by atoms with Crippen LogP contribution in [0.2, 0.25) is 0 Å². The van der Waals surface area contributed by atoms with Gasteiger partial charge in [-0.2, -0.15) is 4.89 Å². The molecule has 0 N–H and O–H groups in total. The maximum atomic E-state index is 10.7. The average Bonchev–Trinajstić information content (AvgIpc) is 3.27. The summed E-state index contributed by atoms with van der Waals surface area (Å²) in [5.74, 6) is 1.04. The zero-order valence-electron chi connectivity index (χ0n) is 18.4. The maximum absolute atomic E-state index is 10.7. The summed E-state index contributed by atoms with van der Waals surface area (Å²) in [6, 6.07) is 16.2. The van der Waals surface area contributed by atoms with Crippen LogP contribution in [0.3, 0.4) is 0 Å². The van der Waals surface area contributed by atoms with Crippen molar-refractivity contribution < 1.29 is 32.0 Å². The molecule has 0 unspecified atom stereocenters. The van der Waals surface area contributed by atoms with Crippen LogP contribution in [0.15, 0.2) is 73.3 Å². The minimum absolute atomic E-state index is 0.302. The number of rotatable bonds is 13. The lowest BCUT2D eigenvalue weighted by atomic mass is 10.2. The number of benzene rings is 1. The molecule has 0 saturated heterocycles. The van der Waals surface area contributed by atoms with E-state index in [1.807, 2.05) is 53.4 Å². The minimum Gasteiger partial charge on any atom is -0.748 e. The zero-order chi connectivity index (χ0) is 23.7. The highest BCUT2D eigenvalue weighted by Gasteiger charge is 2.08. The third-order valence-electron chi connectivity index (χ3n) is 4.80. The van der Waals surface area contributed by atoms with Crippen molar-refractivity contribution in [3.63, 3.8) is 0 Å². The number of thiophene rings is 1. The summed E-state index contributed by atoms with van der Waals surface area (Å²) in [6.45, 7) is 4.80. The van der Waals surface area contributed by atoms with E-state index in [9.17, 15) is 13.0 Å². The molecule has 1 aromatic carbocycles. The lowest BCUT2D eigenvalue weighted by molar-refractivity contribution is -0.696. The Labute approximate surface area is 198 Å². The Morgan fingerprint density at radius 3 is 2.24 bits per heavy atom. The van der Waals surface area contributed by atoms with Crippen LogP contribution in [0.25, 0.3) is 20.9 Å². The van der Waals surface area contributed by atoms with Gasteiger partial charge in [-0.1, -0.05) is 6.58 Å². The summed E-state index contributed by atoms with van der Waals surface area (Å²) in [4.78, 5) is 11.7. The molecule has 0 radical (unpaired) electrons. The maximum Gasteiger partial charge on any atom is 0.169 e. The van der Waals surface area contributed by atoms with E-state index in [2.05, 4.69) is 23.6 Å². The Morgan fingerprint density at radius 1 is 1.00 bits per heavy atom. The highest BCUT2D eigenvalue weighted by atomic mass is 32.2. The molecule has 33 heavy (non-hydrogen) atoms. The predicted octanol–water partition coefficient (Wildman–Crippen LogP) is 4.56. The van der Waals surface area contributed by atoms with Crippen LogP contribution in [0.1, 0.15) is 19.3 Å². The lowest BCUT2D eigenvalue weighted by Crippen LogP contribution is -2.33. The van der Waals surface area contributed by atoms with Crippen molar-refractivity contribution in [2.45, 2.75) is 25.8 Å². The van der Waals surface area contributed by atoms with E-state index >= 15 is 0 Å². The smallest absolute Gasteiger partial charge is 0.169 e. The van der Waals surface area contributed by atoms with Crippen LogP contribution in [0, 0.1) is 0 Å². The SMILES string of the molecule is C=C(CCCOc1ccc(-c2ccc(-c3cc[n+](CCCS(=O)(=O)[O-])cc3)s2)cc1)OOC. The minimum atomic E-state index is -4.16. The molecule has 9 heteroatoms. The number of aryl methyl sites for hydroxylation is 1. The first-order valence-electron chi connectivity index (χ1n) is 10.5. The topological polar surface area (TPSA) is 88.8 Å². The van der Waals surface area contributed by atoms with E-state index in [1.54, 1.807) is 11.3 Å². The fraction of sp³-hybridized carbons (Fsp3) is 0.292. The Balaban J connectivity index is 1.53. The first kappa shape index (κ1) is 24.9. The Hall–Kier alpha value is -2.72. The van der Waals surface area contributed by atoms with Gasteiger partial charge in [0.25, 0.3) is 0 Å². The van der Waals surface area contributed by atoms with Gasteiger partial charge in [-0.3, -0.25) is 0 Å². The molecular weight excluding hydrogens is 462 g/mol. The summed E-state index contributed by atoms with van der Waals surface area (Å²) in [5.41, 5.74) is 2.20. The van der Waals surface area contributed by atoms with Crippen molar-refractivity contribution in [1.82, 2.24) is 0 Å². The van der Waals surface area contributed by atoms with Crippen LogP contribution in [0.4, 0.5) is 0 Å². The molecule has 0 amide bonds. The van der Waals surface area contributed by atoms with Crippen molar-refractivity contribution in [1.29, 1.82) is 0 Å². The molecule has 0 spiro atoms. The third-order valence-corrected chi connectivity index (χ3v) is 6.77. The van der Waals surface area contributed by atoms with Crippen LogP contribution in [0.5, 0.6) is 5.75 Å². The molecule has 0 aliphatic carbocycles. The van der Waals surface area contributed by atoms with Gasteiger partial charge in [0.15, 0.2) is 12.4 Å². The fourth-order valence-corrected chi connectivity index (χ4v) is 4.68. The first-order valence-corrected chi connectivity index (χ1v) is 12.9. The second kappa shape index (κ2) is 11.9. The molecule has 7 nitrogen and oxygen atoms in total. The van der Waals surface area contributed by atoms with Gasteiger partial charge >= 0.3 is 0 Å². The number of allylic oxidation sites excluding steroid dienone is 1. The van der Waals surface area contributed by atoms with Gasteiger partial charge in [0.2, 0.25) is 0 Å². The molecule has 176 valence electrons. The second-order valence-corrected chi connectivity index (χ2v) is 9.98. The predicted molar refractivity (Wildman–Crippen MR) is 127 cm³/mol. The standard InChI is InChI=1S/C24H27NO6S2/c1-19(31-29-2)5-3-17-30-22-8-6-20(7-9-22)23-10-11-24(32-23)21-12-15-25(16-13-21)14-4-18-33(26,27)28/h6-13,15-16H,1,3-5,14,17-18H2,2H3. The Morgan fingerprint density at radius 2 is 1.64 bits per heavy atom. The second-order valence-electron chi connectivity index (χ2n) is 7.37. The normalized spacial score (nSPS) is 11.3. The van der Waals surface area contributed by atoms with Gasteiger partial charge in [-0.15, -0.1) is 11.3 Å². The molecule has 0 bridgehead atoms. The Bertz CT molecular complexity index is 1140. The van der Waals surface area contributed by atoms with Gasteiger partial charge in [0, 0.05) is 46.0 Å². The van der Waals surface area contributed by atoms with Gasteiger partial charge in [-0.25, -0.2) is 13.0 Å². The van der Waals surface area contributed by atoms with E-state index in [0.29, 0.717) is 31.8 Å². The molecule has 3 rings (SSSR count). The largest absolute Gasteiger partial charge is 0.748 e. The number of pyridine rings is 1. The molecular formula is C24H27NO6S2. The third kappa shape index (κ3) is 8.29. The van der Waals surface area contributed by atoms with Crippen molar-refractivity contribution in [2.24, 2.45) is 0 Å². The average molecular weight is 490 g/mol. The Kier molecular flexibility index (Phi) is 9.02. The van der Waals surface area contributed by atoms with Gasteiger partial charge in [-0.05, 0) is 48.4 Å². The number of ether oxygens (including phenoxy) is 1. The van der Waals surface area contributed by atoms with E-state index < -0.39 is 10.1 Å². The highest BCUT2D eigenvalue weighted by Crippen LogP contribution is 2.34. The highest BCUT2D eigenvalue weighted by molar-refractivity contribution is 7.85. The monoisotopic (exact) mass is 489 g/mol. The number of hydrogen-bond donors (Lipinski definition) is 0. The fourth-order valence-electron chi connectivity index (χ4n) is 3.18. The van der Waals surface area contributed by atoms with Crippen molar-refractivity contribution in [3.05, 3.63) is 73.3 Å². The quantitative estimate of drug-likeness (QED) is 0.0874. The molecule has 0 aliphatic heterocycles. The molecule has 0 aliphatic rings. The van der Waals surface area contributed by atoms with Gasteiger partial charge in [0.1, 0.15) is 18.1 Å². The molecule has 2 heterocycles. The van der Waals surface area contributed by atoms with E-state index in [4.69, 9.17) is 9.62 Å². The van der Waals surface area contributed by atoms with Crippen molar-refractivity contribution >= 4 is 21.5 Å². The molecule has 0 fully saturated rings. The summed E-state index contributed by atoms with van der Waals surface area (Å²) in [6.07, 6.45) is 5.55. The number of aromatic nitrogens is 1. The summed E-state index contributed by atoms with van der Waals surface area (Å²) >= 11 is 1.70. The molecule has 3 aromatic rings. The van der Waals surface area contributed by atoms with Crippen LogP contribution >= 0.6 is 11.3 Å².